The van der Waals surface area contributed by atoms with E-state index in [2.05, 4.69) is 4.98 Å². The van der Waals surface area contributed by atoms with Gasteiger partial charge in [-0.25, -0.2) is 4.79 Å². The van der Waals surface area contributed by atoms with E-state index in [1.54, 1.807) is 17.1 Å². The van der Waals surface area contributed by atoms with Crippen LogP contribution in [0.25, 0.3) is 12.2 Å². The van der Waals surface area contributed by atoms with Crippen LogP contribution < -0.4 is 11.2 Å². The second-order valence-electron chi connectivity index (χ2n) is 3.86. The van der Waals surface area contributed by atoms with Crippen molar-refractivity contribution in [2.45, 2.75) is 0 Å². The highest BCUT2D eigenvalue weighted by Crippen LogP contribution is 2.15. The van der Waals surface area contributed by atoms with Gasteiger partial charge in [0.2, 0.25) is 0 Å². The van der Waals surface area contributed by atoms with Crippen LogP contribution in [0.3, 0.4) is 0 Å². The minimum absolute atomic E-state index is 0.0288. The molecule has 20 heavy (non-hydrogen) atoms. The van der Waals surface area contributed by atoms with Gasteiger partial charge in [-0.15, -0.1) is 0 Å². The van der Waals surface area contributed by atoms with Crippen molar-refractivity contribution in [3.63, 3.8) is 0 Å². The van der Waals surface area contributed by atoms with Gasteiger partial charge in [0, 0.05) is 0 Å². The maximum absolute atomic E-state index is 11.4. The molecule has 0 radical (unpaired) electrons. The summed E-state index contributed by atoms with van der Waals surface area (Å²) in [6.07, 6.45) is 2.65. The minimum Gasteiger partial charge on any atom is -0.508 e. The molecular weight excluding hydrogens is 266 g/mol. The van der Waals surface area contributed by atoms with Crippen molar-refractivity contribution in [3.8, 4) is 5.75 Å². The maximum Gasteiger partial charge on any atom is 0.357 e. The number of nitro groups is 1. The number of H-pyrrole nitrogens is 2. The Labute approximate surface area is 111 Å². The van der Waals surface area contributed by atoms with Crippen molar-refractivity contribution in [3.05, 3.63) is 66.5 Å². The molecular formula is C12H9N3O5. The van der Waals surface area contributed by atoms with E-state index in [0.717, 1.165) is 0 Å². The van der Waals surface area contributed by atoms with Crippen LogP contribution in [-0.2, 0) is 0 Å². The molecule has 1 aromatic heterocycles. The number of nitrogens with one attached hydrogen (secondary N) is 2. The van der Waals surface area contributed by atoms with Crippen LogP contribution in [0, 0.1) is 10.1 Å². The molecule has 2 aromatic rings. The fourth-order valence-corrected chi connectivity index (χ4v) is 1.61. The summed E-state index contributed by atoms with van der Waals surface area (Å²) in [5, 5.41) is 20.1. The Hall–Kier alpha value is -3.16. The molecule has 2 rings (SSSR count). The molecule has 0 amide bonds. The van der Waals surface area contributed by atoms with Gasteiger partial charge in [0.25, 0.3) is 0 Å². The Bertz CT molecular complexity index is 803. The Kier molecular flexibility index (Phi) is 3.47. The first-order valence-electron chi connectivity index (χ1n) is 5.45. The van der Waals surface area contributed by atoms with Gasteiger partial charge >= 0.3 is 16.9 Å². The second-order valence-corrected chi connectivity index (χ2v) is 3.86. The van der Waals surface area contributed by atoms with Crippen LogP contribution in [0.2, 0.25) is 0 Å². The van der Waals surface area contributed by atoms with E-state index in [1.165, 1.54) is 24.3 Å². The third-order valence-corrected chi connectivity index (χ3v) is 2.44. The van der Waals surface area contributed by atoms with Crippen LogP contribution in [0.1, 0.15) is 11.3 Å². The van der Waals surface area contributed by atoms with E-state index in [9.17, 15) is 24.8 Å². The smallest absolute Gasteiger partial charge is 0.357 e. The van der Waals surface area contributed by atoms with E-state index in [-0.39, 0.29) is 11.4 Å². The number of phenolic OH excluding ortho intramolecular Hbond substituents is 1. The molecule has 0 aliphatic rings. The molecule has 1 heterocycles. The van der Waals surface area contributed by atoms with Crippen LogP contribution in [0.15, 0.2) is 33.9 Å². The minimum atomic E-state index is -1.07. The van der Waals surface area contributed by atoms with Gasteiger partial charge in [0.15, 0.2) is 0 Å². The average molecular weight is 275 g/mol. The van der Waals surface area contributed by atoms with Gasteiger partial charge in [-0.1, -0.05) is 18.2 Å². The first kappa shape index (κ1) is 13.3. The summed E-state index contributed by atoms with van der Waals surface area (Å²) in [5.74, 6) is 0.0288. The molecule has 0 bridgehead atoms. The fraction of sp³-hybridized carbons (Fsp3) is 0. The average Bonchev–Trinajstić information content (AvgIpc) is 2.35. The fourth-order valence-electron chi connectivity index (χ4n) is 1.61. The van der Waals surface area contributed by atoms with E-state index in [4.69, 9.17) is 0 Å². The molecule has 0 aliphatic heterocycles. The predicted octanol–water partition coefficient (Wildman–Crippen LogP) is 0.847. The summed E-state index contributed by atoms with van der Waals surface area (Å²) >= 11 is 0. The summed E-state index contributed by atoms with van der Waals surface area (Å²) in [6, 6.07) is 6.12. The number of hydrogen-bond donors (Lipinski definition) is 3. The van der Waals surface area contributed by atoms with Crippen molar-refractivity contribution in [2.24, 2.45) is 0 Å². The quantitative estimate of drug-likeness (QED) is 0.564. The number of hydrogen-bond acceptors (Lipinski definition) is 5. The zero-order valence-electron chi connectivity index (χ0n) is 9.99. The van der Waals surface area contributed by atoms with Gasteiger partial charge < -0.3 is 10.1 Å². The number of benzene rings is 1. The largest absolute Gasteiger partial charge is 0.508 e. The lowest BCUT2D eigenvalue weighted by Crippen LogP contribution is -2.25. The van der Waals surface area contributed by atoms with Crippen molar-refractivity contribution in [1.82, 2.24) is 9.97 Å². The van der Waals surface area contributed by atoms with Crippen LogP contribution in [0.5, 0.6) is 5.75 Å². The van der Waals surface area contributed by atoms with Crippen LogP contribution in [0.4, 0.5) is 5.69 Å². The lowest BCUT2D eigenvalue weighted by molar-refractivity contribution is -0.386. The Morgan fingerprint density at radius 1 is 1.20 bits per heavy atom. The van der Waals surface area contributed by atoms with Crippen molar-refractivity contribution in [1.29, 1.82) is 0 Å². The maximum atomic E-state index is 11.4. The SMILES string of the molecule is O=c1[nH]c(/C=C/c2cccc(O)c2)c([N+](=O)[O-])c(=O)[nH]1. The van der Waals surface area contributed by atoms with Crippen molar-refractivity contribution >= 4 is 17.8 Å². The molecule has 8 heteroatoms. The van der Waals surface area contributed by atoms with Gasteiger partial charge in [0.05, 0.1) is 4.92 Å². The van der Waals surface area contributed by atoms with E-state index >= 15 is 0 Å². The van der Waals surface area contributed by atoms with Crippen molar-refractivity contribution < 1.29 is 10.0 Å². The molecule has 1 aromatic carbocycles. The van der Waals surface area contributed by atoms with Gasteiger partial charge in [-0.05, 0) is 23.8 Å². The number of aromatic amines is 2. The van der Waals surface area contributed by atoms with Crippen LogP contribution >= 0.6 is 0 Å². The summed E-state index contributed by atoms with van der Waals surface area (Å²) in [4.78, 5) is 36.4. The highest BCUT2D eigenvalue weighted by molar-refractivity contribution is 5.72. The molecule has 3 N–H and O–H groups in total. The predicted molar refractivity (Wildman–Crippen MR) is 71.4 cm³/mol. The van der Waals surface area contributed by atoms with E-state index in [0.29, 0.717) is 5.56 Å². The molecule has 0 saturated heterocycles. The highest BCUT2D eigenvalue weighted by atomic mass is 16.6. The molecule has 8 nitrogen and oxygen atoms in total. The first-order chi connectivity index (χ1) is 9.47. The number of phenols is 1. The number of aromatic nitrogens is 2. The summed E-state index contributed by atoms with van der Waals surface area (Å²) in [6.45, 7) is 0. The monoisotopic (exact) mass is 275 g/mol. The first-order valence-corrected chi connectivity index (χ1v) is 5.45. The summed E-state index contributed by atoms with van der Waals surface area (Å²) in [5.41, 5.74) is -2.32. The van der Waals surface area contributed by atoms with Gasteiger partial charge in [0.1, 0.15) is 11.4 Å². The lowest BCUT2D eigenvalue weighted by atomic mass is 10.2. The Morgan fingerprint density at radius 2 is 1.95 bits per heavy atom. The molecule has 0 fully saturated rings. The molecule has 0 unspecified atom stereocenters. The number of rotatable bonds is 3. The summed E-state index contributed by atoms with van der Waals surface area (Å²) < 4.78 is 0. The molecule has 102 valence electrons. The van der Waals surface area contributed by atoms with Gasteiger partial charge in [-0.2, -0.15) is 0 Å². The normalized spacial score (nSPS) is 10.8. The Morgan fingerprint density at radius 3 is 2.60 bits per heavy atom. The van der Waals surface area contributed by atoms with E-state index < -0.39 is 21.9 Å². The number of aromatic hydroxyl groups is 1. The lowest BCUT2D eigenvalue weighted by Gasteiger charge is -1.97. The highest BCUT2D eigenvalue weighted by Gasteiger charge is 2.18. The summed E-state index contributed by atoms with van der Waals surface area (Å²) in [7, 11) is 0. The second kappa shape index (κ2) is 5.22. The molecule has 0 saturated carbocycles. The zero-order valence-corrected chi connectivity index (χ0v) is 9.99. The number of nitrogens with zero attached hydrogens (tertiary/aromatic N) is 1. The Balaban J connectivity index is 2.51. The van der Waals surface area contributed by atoms with Gasteiger partial charge in [-0.3, -0.25) is 19.9 Å². The van der Waals surface area contributed by atoms with Crippen molar-refractivity contribution in [2.75, 3.05) is 0 Å². The third-order valence-electron chi connectivity index (χ3n) is 2.44. The van der Waals surface area contributed by atoms with E-state index in [1.807, 2.05) is 0 Å². The molecule has 0 aliphatic carbocycles. The third kappa shape index (κ3) is 2.80. The topological polar surface area (TPSA) is 129 Å². The molecule has 0 atom stereocenters. The standard InChI is InChI=1S/C12H9N3O5/c16-8-3-1-2-7(6-8)4-5-9-10(15(19)20)11(17)14-12(18)13-9/h1-6,16H,(H2,13,14,17,18)/b5-4+. The van der Waals surface area contributed by atoms with Crippen LogP contribution in [-0.4, -0.2) is 20.0 Å². The zero-order chi connectivity index (χ0) is 14.7. The molecule has 0 spiro atoms.